The van der Waals surface area contributed by atoms with Crippen LogP contribution in [0.1, 0.15) is 11.3 Å². The highest BCUT2D eigenvalue weighted by atomic mass is 79.9. The fourth-order valence-corrected chi connectivity index (χ4v) is 1.86. The number of benzene rings is 1. The van der Waals surface area contributed by atoms with Gasteiger partial charge in [-0.2, -0.15) is 5.10 Å². The fraction of sp³-hybridized carbons (Fsp3) is 0.182. The Kier molecular flexibility index (Phi) is 3.21. The number of hydrogen-bond donors (Lipinski definition) is 1. The third-order valence-electron chi connectivity index (χ3n) is 2.34. The molecule has 1 aromatic heterocycles. The Balaban J connectivity index is 2.27. The molecule has 0 fully saturated rings. The number of nitrogens with zero attached hydrogens (tertiary/aromatic N) is 2. The van der Waals surface area contributed by atoms with Gasteiger partial charge in [0.25, 0.3) is 0 Å². The van der Waals surface area contributed by atoms with Gasteiger partial charge in [0.05, 0.1) is 12.2 Å². The van der Waals surface area contributed by atoms with Gasteiger partial charge in [0, 0.05) is 4.47 Å². The average Bonchev–Trinajstić information content (AvgIpc) is 2.50. The highest BCUT2D eigenvalue weighted by molar-refractivity contribution is 9.10. The smallest absolute Gasteiger partial charge is 0.141 e. The van der Waals surface area contributed by atoms with Gasteiger partial charge in [0.1, 0.15) is 10.8 Å². The topological polar surface area (TPSA) is 43.8 Å². The van der Waals surface area contributed by atoms with Crippen molar-refractivity contribution in [1.29, 1.82) is 0 Å². The van der Waals surface area contributed by atoms with E-state index in [1.165, 1.54) is 0 Å². The van der Waals surface area contributed by atoms with Crippen LogP contribution in [0.15, 0.2) is 28.7 Å². The largest absolute Gasteiger partial charge is 0.383 e. The molecule has 0 atom stereocenters. The van der Waals surface area contributed by atoms with Gasteiger partial charge in [-0.05, 0) is 24.6 Å². The van der Waals surface area contributed by atoms with Crippen molar-refractivity contribution in [2.75, 3.05) is 5.73 Å². The first-order valence-electron chi connectivity index (χ1n) is 4.81. The summed E-state index contributed by atoms with van der Waals surface area (Å²) in [7, 11) is 0. The lowest BCUT2D eigenvalue weighted by atomic mass is 10.2. The fourth-order valence-electron chi connectivity index (χ4n) is 1.46. The Morgan fingerprint density at radius 2 is 2.00 bits per heavy atom. The molecule has 0 aliphatic carbocycles. The van der Waals surface area contributed by atoms with E-state index in [1.807, 2.05) is 31.2 Å². The summed E-state index contributed by atoms with van der Waals surface area (Å²) in [5, 5.41) is 4.81. The van der Waals surface area contributed by atoms with Gasteiger partial charge in [0.2, 0.25) is 0 Å². The summed E-state index contributed by atoms with van der Waals surface area (Å²) in [5.41, 5.74) is 7.73. The standard InChI is InChI=1S/C11H11BrClN3/c1-7-10(13)11(14)16(15-7)6-8-2-4-9(12)5-3-8/h2-5H,6,14H2,1H3. The summed E-state index contributed by atoms with van der Waals surface area (Å²) >= 11 is 9.37. The van der Waals surface area contributed by atoms with E-state index in [9.17, 15) is 0 Å². The maximum Gasteiger partial charge on any atom is 0.141 e. The van der Waals surface area contributed by atoms with Crippen molar-refractivity contribution in [3.05, 3.63) is 45.0 Å². The summed E-state index contributed by atoms with van der Waals surface area (Å²) in [4.78, 5) is 0. The van der Waals surface area contributed by atoms with E-state index in [1.54, 1.807) is 4.68 Å². The lowest BCUT2D eigenvalue weighted by Crippen LogP contribution is -2.05. The summed E-state index contributed by atoms with van der Waals surface area (Å²) in [6.45, 7) is 2.48. The Hall–Kier alpha value is -1.00. The molecule has 1 heterocycles. The third kappa shape index (κ3) is 2.23. The van der Waals surface area contributed by atoms with Crippen LogP contribution >= 0.6 is 27.5 Å². The SMILES string of the molecule is Cc1nn(Cc2ccc(Br)cc2)c(N)c1Cl. The van der Waals surface area contributed by atoms with Crippen LogP contribution in [-0.4, -0.2) is 9.78 Å². The molecule has 0 saturated carbocycles. The molecule has 2 rings (SSSR count). The third-order valence-corrected chi connectivity index (χ3v) is 3.33. The predicted molar refractivity (Wildman–Crippen MR) is 69.6 cm³/mol. The van der Waals surface area contributed by atoms with Crippen LogP contribution in [0.3, 0.4) is 0 Å². The molecular weight excluding hydrogens is 289 g/mol. The van der Waals surface area contributed by atoms with E-state index in [-0.39, 0.29) is 0 Å². The van der Waals surface area contributed by atoms with E-state index in [4.69, 9.17) is 17.3 Å². The Morgan fingerprint density at radius 1 is 1.38 bits per heavy atom. The zero-order valence-corrected chi connectivity index (χ0v) is 11.1. The number of rotatable bonds is 2. The van der Waals surface area contributed by atoms with Gasteiger partial charge >= 0.3 is 0 Å². The number of halogens is 2. The normalized spacial score (nSPS) is 10.7. The van der Waals surface area contributed by atoms with Crippen LogP contribution < -0.4 is 5.73 Å². The van der Waals surface area contributed by atoms with Crippen molar-refractivity contribution >= 4 is 33.3 Å². The van der Waals surface area contributed by atoms with Crippen LogP contribution in [0.25, 0.3) is 0 Å². The summed E-state index contributed by atoms with van der Waals surface area (Å²) in [6, 6.07) is 8.02. The molecule has 3 nitrogen and oxygen atoms in total. The molecule has 0 unspecified atom stereocenters. The molecule has 0 spiro atoms. The number of anilines is 1. The van der Waals surface area contributed by atoms with Crippen molar-refractivity contribution in [3.8, 4) is 0 Å². The highest BCUT2D eigenvalue weighted by Crippen LogP contribution is 2.23. The van der Waals surface area contributed by atoms with Crippen LogP contribution in [0, 0.1) is 6.92 Å². The highest BCUT2D eigenvalue weighted by Gasteiger charge is 2.09. The molecule has 5 heteroatoms. The van der Waals surface area contributed by atoms with E-state index in [0.29, 0.717) is 17.4 Å². The molecular formula is C11H11BrClN3. The Bertz CT molecular complexity index is 505. The first-order valence-corrected chi connectivity index (χ1v) is 5.98. The maximum absolute atomic E-state index is 5.97. The van der Waals surface area contributed by atoms with Crippen molar-refractivity contribution in [1.82, 2.24) is 9.78 Å². The van der Waals surface area contributed by atoms with Crippen molar-refractivity contribution < 1.29 is 0 Å². The summed E-state index contributed by atoms with van der Waals surface area (Å²) in [5.74, 6) is 0.516. The second-order valence-corrected chi connectivity index (χ2v) is 4.86. The van der Waals surface area contributed by atoms with Crippen LogP contribution in [-0.2, 0) is 6.54 Å². The maximum atomic E-state index is 5.97. The van der Waals surface area contributed by atoms with Gasteiger partial charge in [-0.1, -0.05) is 39.7 Å². The number of nitrogen functional groups attached to an aromatic ring is 1. The zero-order valence-electron chi connectivity index (χ0n) is 8.74. The first kappa shape index (κ1) is 11.5. The predicted octanol–water partition coefficient (Wildman–Crippen LogP) is 3.24. The minimum absolute atomic E-state index is 0.516. The average molecular weight is 301 g/mol. The van der Waals surface area contributed by atoms with Gasteiger partial charge < -0.3 is 5.73 Å². The number of hydrogen-bond acceptors (Lipinski definition) is 2. The monoisotopic (exact) mass is 299 g/mol. The summed E-state index contributed by atoms with van der Waals surface area (Å²) in [6.07, 6.45) is 0. The Morgan fingerprint density at radius 3 is 2.50 bits per heavy atom. The molecule has 2 N–H and O–H groups in total. The van der Waals surface area contributed by atoms with E-state index in [2.05, 4.69) is 21.0 Å². The lowest BCUT2D eigenvalue weighted by molar-refractivity contribution is 0.689. The van der Waals surface area contributed by atoms with Crippen LogP contribution in [0.5, 0.6) is 0 Å². The molecule has 0 aliphatic rings. The van der Waals surface area contributed by atoms with E-state index < -0.39 is 0 Å². The van der Waals surface area contributed by atoms with Gasteiger partial charge in [-0.3, -0.25) is 0 Å². The van der Waals surface area contributed by atoms with Gasteiger partial charge in [-0.25, -0.2) is 4.68 Å². The summed E-state index contributed by atoms with van der Waals surface area (Å²) < 4.78 is 2.76. The van der Waals surface area contributed by atoms with Crippen molar-refractivity contribution in [3.63, 3.8) is 0 Å². The second-order valence-electron chi connectivity index (χ2n) is 3.57. The zero-order chi connectivity index (χ0) is 11.7. The second kappa shape index (κ2) is 4.47. The quantitative estimate of drug-likeness (QED) is 0.925. The molecule has 0 bridgehead atoms. The molecule has 0 aliphatic heterocycles. The molecule has 0 saturated heterocycles. The van der Waals surface area contributed by atoms with Gasteiger partial charge in [0.15, 0.2) is 0 Å². The van der Waals surface area contributed by atoms with Crippen LogP contribution in [0.2, 0.25) is 5.02 Å². The number of aromatic nitrogens is 2. The van der Waals surface area contributed by atoms with E-state index >= 15 is 0 Å². The van der Waals surface area contributed by atoms with Gasteiger partial charge in [-0.15, -0.1) is 0 Å². The molecule has 2 aromatic rings. The minimum Gasteiger partial charge on any atom is -0.383 e. The number of aryl methyl sites for hydroxylation is 1. The number of nitrogens with two attached hydrogens (primary N) is 1. The molecule has 0 radical (unpaired) electrons. The molecule has 16 heavy (non-hydrogen) atoms. The van der Waals surface area contributed by atoms with Crippen molar-refractivity contribution in [2.45, 2.75) is 13.5 Å². The Labute approximate surface area is 107 Å². The van der Waals surface area contributed by atoms with Crippen LogP contribution in [0.4, 0.5) is 5.82 Å². The van der Waals surface area contributed by atoms with Crippen molar-refractivity contribution in [2.24, 2.45) is 0 Å². The molecule has 1 aromatic carbocycles. The molecule has 84 valence electrons. The molecule has 0 amide bonds. The lowest BCUT2D eigenvalue weighted by Gasteiger charge is -2.04. The first-order chi connectivity index (χ1) is 7.58. The van der Waals surface area contributed by atoms with E-state index in [0.717, 1.165) is 15.7 Å². The minimum atomic E-state index is 0.516.